The van der Waals surface area contributed by atoms with Crippen LogP contribution in [0.4, 0.5) is 5.69 Å². The van der Waals surface area contributed by atoms with E-state index in [0.717, 1.165) is 17.7 Å². The lowest BCUT2D eigenvalue weighted by Gasteiger charge is -2.14. The van der Waals surface area contributed by atoms with Gasteiger partial charge in [0, 0.05) is 11.7 Å². The van der Waals surface area contributed by atoms with E-state index >= 15 is 0 Å². The van der Waals surface area contributed by atoms with Gasteiger partial charge in [-0.1, -0.05) is 50.8 Å². The quantitative estimate of drug-likeness (QED) is 0.672. The first-order valence-electron chi connectivity index (χ1n) is 7.72. The van der Waals surface area contributed by atoms with Crippen molar-refractivity contribution in [1.82, 2.24) is 5.32 Å². The second-order valence-corrected chi connectivity index (χ2v) is 5.49. The normalized spacial score (nSPS) is 12.2. The van der Waals surface area contributed by atoms with Gasteiger partial charge >= 0.3 is 0 Å². The summed E-state index contributed by atoms with van der Waals surface area (Å²) in [6.07, 6.45) is 6.23. The van der Waals surface area contributed by atoms with E-state index in [0.29, 0.717) is 12.6 Å². The molecule has 112 valence electrons. The molecule has 1 amide bonds. The van der Waals surface area contributed by atoms with E-state index in [1.165, 1.54) is 25.7 Å². The van der Waals surface area contributed by atoms with E-state index in [2.05, 4.69) is 24.5 Å². The summed E-state index contributed by atoms with van der Waals surface area (Å²) in [5.74, 6) is 0.0275. The highest BCUT2D eigenvalue weighted by molar-refractivity contribution is 5.92. The van der Waals surface area contributed by atoms with Crippen LogP contribution in [0.2, 0.25) is 0 Å². The summed E-state index contributed by atoms with van der Waals surface area (Å²) in [6, 6.07) is 8.24. The van der Waals surface area contributed by atoms with Gasteiger partial charge in [0.1, 0.15) is 0 Å². The number of carbonyl (C=O) groups is 1. The molecule has 3 nitrogen and oxygen atoms in total. The molecule has 1 rings (SSSR count). The lowest BCUT2D eigenvalue weighted by molar-refractivity contribution is -0.115. The van der Waals surface area contributed by atoms with Crippen molar-refractivity contribution in [3.63, 3.8) is 0 Å². The van der Waals surface area contributed by atoms with Crippen molar-refractivity contribution in [3.8, 4) is 0 Å². The molecule has 0 bridgehead atoms. The van der Waals surface area contributed by atoms with Crippen molar-refractivity contribution in [3.05, 3.63) is 29.8 Å². The Morgan fingerprint density at radius 1 is 1.20 bits per heavy atom. The summed E-state index contributed by atoms with van der Waals surface area (Å²) in [5.41, 5.74) is 1.99. The molecule has 0 unspecified atom stereocenters. The molecule has 0 aliphatic rings. The van der Waals surface area contributed by atoms with Crippen molar-refractivity contribution in [1.29, 1.82) is 0 Å². The van der Waals surface area contributed by atoms with Gasteiger partial charge in [-0.05, 0) is 31.9 Å². The van der Waals surface area contributed by atoms with Crippen LogP contribution in [0, 0.1) is 6.92 Å². The van der Waals surface area contributed by atoms with Gasteiger partial charge in [-0.2, -0.15) is 0 Å². The highest BCUT2D eigenvalue weighted by Gasteiger charge is 2.06. The number of carbonyl (C=O) groups excluding carboxylic acids is 1. The third-order valence-corrected chi connectivity index (χ3v) is 3.52. The summed E-state index contributed by atoms with van der Waals surface area (Å²) in [4.78, 5) is 11.9. The zero-order valence-corrected chi connectivity index (χ0v) is 13.0. The van der Waals surface area contributed by atoms with Gasteiger partial charge < -0.3 is 10.6 Å². The summed E-state index contributed by atoms with van der Waals surface area (Å²) in [5, 5.41) is 6.23. The minimum absolute atomic E-state index is 0.0275. The molecular formula is C17H28N2O. The lowest BCUT2D eigenvalue weighted by atomic mass is 10.1. The van der Waals surface area contributed by atoms with E-state index in [9.17, 15) is 4.79 Å². The van der Waals surface area contributed by atoms with Gasteiger partial charge in [0.05, 0.1) is 6.54 Å². The number of benzene rings is 1. The topological polar surface area (TPSA) is 41.1 Å². The SMILES string of the molecule is CCCCCC[C@H](C)NCC(=O)Nc1ccccc1C. The zero-order valence-electron chi connectivity index (χ0n) is 13.0. The standard InChI is InChI=1S/C17H28N2O/c1-4-5-6-7-11-15(3)18-13-17(20)19-16-12-9-8-10-14(16)2/h8-10,12,15,18H,4-7,11,13H2,1-3H3,(H,19,20)/t15-/m0/s1. The van der Waals surface area contributed by atoms with Crippen molar-refractivity contribution in [2.75, 3.05) is 11.9 Å². The maximum absolute atomic E-state index is 11.9. The Morgan fingerprint density at radius 2 is 1.95 bits per heavy atom. The number of rotatable bonds is 9. The molecule has 0 radical (unpaired) electrons. The number of hydrogen-bond acceptors (Lipinski definition) is 2. The van der Waals surface area contributed by atoms with Crippen molar-refractivity contribution < 1.29 is 4.79 Å². The second kappa shape index (κ2) is 9.54. The van der Waals surface area contributed by atoms with E-state index in [4.69, 9.17) is 0 Å². The van der Waals surface area contributed by atoms with Crippen LogP contribution in [0.3, 0.4) is 0 Å². The Labute approximate surface area is 123 Å². The number of nitrogens with one attached hydrogen (secondary N) is 2. The fourth-order valence-electron chi connectivity index (χ4n) is 2.15. The number of aryl methyl sites for hydroxylation is 1. The Bertz CT molecular complexity index is 404. The van der Waals surface area contributed by atoms with Crippen LogP contribution < -0.4 is 10.6 Å². The maximum Gasteiger partial charge on any atom is 0.238 e. The Balaban J connectivity index is 2.21. The molecule has 0 heterocycles. The highest BCUT2D eigenvalue weighted by Crippen LogP contribution is 2.12. The molecule has 0 aliphatic carbocycles. The Morgan fingerprint density at radius 3 is 2.65 bits per heavy atom. The number of para-hydroxylation sites is 1. The number of hydrogen-bond donors (Lipinski definition) is 2. The molecule has 0 fully saturated rings. The van der Waals surface area contributed by atoms with Gasteiger partial charge in [0.2, 0.25) is 5.91 Å². The van der Waals surface area contributed by atoms with E-state index < -0.39 is 0 Å². The van der Waals surface area contributed by atoms with Gasteiger partial charge in [-0.3, -0.25) is 4.79 Å². The van der Waals surface area contributed by atoms with Crippen LogP contribution in [-0.4, -0.2) is 18.5 Å². The molecule has 0 saturated heterocycles. The molecule has 1 aromatic carbocycles. The molecule has 2 N–H and O–H groups in total. The van der Waals surface area contributed by atoms with E-state index in [1.807, 2.05) is 31.2 Å². The van der Waals surface area contributed by atoms with E-state index in [1.54, 1.807) is 0 Å². The molecular weight excluding hydrogens is 248 g/mol. The molecule has 20 heavy (non-hydrogen) atoms. The minimum Gasteiger partial charge on any atom is -0.325 e. The largest absolute Gasteiger partial charge is 0.325 e. The van der Waals surface area contributed by atoms with Crippen LogP contribution in [0.15, 0.2) is 24.3 Å². The predicted octanol–water partition coefficient (Wildman–Crippen LogP) is 3.88. The average Bonchev–Trinajstić information content (AvgIpc) is 2.44. The van der Waals surface area contributed by atoms with Gasteiger partial charge in [-0.15, -0.1) is 0 Å². The van der Waals surface area contributed by atoms with E-state index in [-0.39, 0.29) is 5.91 Å². The smallest absolute Gasteiger partial charge is 0.238 e. The molecule has 0 spiro atoms. The first-order chi connectivity index (χ1) is 9.63. The number of amides is 1. The third kappa shape index (κ3) is 6.71. The Kier molecular flexibility index (Phi) is 7.97. The molecule has 0 saturated carbocycles. The fraction of sp³-hybridized carbons (Fsp3) is 0.588. The summed E-state index contributed by atoms with van der Waals surface area (Å²) >= 11 is 0. The summed E-state index contributed by atoms with van der Waals surface area (Å²) < 4.78 is 0. The van der Waals surface area contributed by atoms with Crippen molar-refractivity contribution in [2.24, 2.45) is 0 Å². The molecule has 3 heteroatoms. The van der Waals surface area contributed by atoms with Gasteiger partial charge in [0.15, 0.2) is 0 Å². The third-order valence-electron chi connectivity index (χ3n) is 3.52. The van der Waals surface area contributed by atoms with Crippen LogP contribution >= 0.6 is 0 Å². The monoisotopic (exact) mass is 276 g/mol. The Hall–Kier alpha value is -1.35. The number of anilines is 1. The fourth-order valence-corrected chi connectivity index (χ4v) is 2.15. The van der Waals surface area contributed by atoms with Crippen molar-refractivity contribution in [2.45, 2.75) is 58.9 Å². The van der Waals surface area contributed by atoms with Crippen LogP contribution in [-0.2, 0) is 4.79 Å². The van der Waals surface area contributed by atoms with Crippen LogP contribution in [0.5, 0.6) is 0 Å². The van der Waals surface area contributed by atoms with Crippen LogP contribution in [0.1, 0.15) is 51.5 Å². The number of unbranched alkanes of at least 4 members (excludes halogenated alkanes) is 3. The minimum atomic E-state index is 0.0275. The molecule has 1 aromatic rings. The summed E-state index contributed by atoms with van der Waals surface area (Å²) in [7, 11) is 0. The second-order valence-electron chi connectivity index (χ2n) is 5.49. The van der Waals surface area contributed by atoms with Crippen LogP contribution in [0.25, 0.3) is 0 Å². The van der Waals surface area contributed by atoms with Crippen molar-refractivity contribution >= 4 is 11.6 Å². The molecule has 0 aromatic heterocycles. The lowest BCUT2D eigenvalue weighted by Crippen LogP contribution is -2.34. The van der Waals surface area contributed by atoms with Gasteiger partial charge in [-0.25, -0.2) is 0 Å². The molecule has 0 aliphatic heterocycles. The first kappa shape index (κ1) is 16.7. The predicted molar refractivity (Wildman–Crippen MR) is 86.0 cm³/mol. The first-order valence-corrected chi connectivity index (χ1v) is 7.72. The average molecular weight is 276 g/mol. The van der Waals surface area contributed by atoms with Gasteiger partial charge in [0.25, 0.3) is 0 Å². The summed E-state index contributed by atoms with van der Waals surface area (Å²) in [6.45, 7) is 6.74. The molecule has 1 atom stereocenters. The highest BCUT2D eigenvalue weighted by atomic mass is 16.1. The zero-order chi connectivity index (χ0) is 14.8. The maximum atomic E-state index is 11.9.